The zero-order valence-electron chi connectivity index (χ0n) is 17.8. The van der Waals surface area contributed by atoms with Crippen molar-refractivity contribution < 1.29 is 8.42 Å². The minimum atomic E-state index is -3.79. The topological polar surface area (TPSA) is 88.1 Å². The van der Waals surface area contributed by atoms with Crippen molar-refractivity contribution in [2.75, 3.05) is 22.7 Å². The van der Waals surface area contributed by atoms with Crippen LogP contribution in [0.2, 0.25) is 5.15 Å². The van der Waals surface area contributed by atoms with Gasteiger partial charge in [0, 0.05) is 30.2 Å². The highest BCUT2D eigenvalue weighted by Gasteiger charge is 2.18. The number of sulfonamides is 1. The predicted octanol–water partition coefficient (Wildman–Crippen LogP) is 5.14. The van der Waals surface area contributed by atoms with Gasteiger partial charge in [0.1, 0.15) is 0 Å². The van der Waals surface area contributed by atoms with E-state index in [1.807, 2.05) is 24.4 Å². The largest absolute Gasteiger partial charge is 0.370 e. The first kappa shape index (κ1) is 21.6. The van der Waals surface area contributed by atoms with Gasteiger partial charge in [0.15, 0.2) is 5.15 Å². The van der Waals surface area contributed by atoms with Gasteiger partial charge in [-0.3, -0.25) is 4.72 Å². The lowest BCUT2D eigenvalue weighted by Crippen LogP contribution is -2.29. The predicted molar refractivity (Wildman–Crippen MR) is 131 cm³/mol. The molecule has 33 heavy (non-hydrogen) atoms. The molecule has 0 aliphatic carbocycles. The summed E-state index contributed by atoms with van der Waals surface area (Å²) in [6.07, 6.45) is 7.03. The minimum Gasteiger partial charge on any atom is -0.370 e. The van der Waals surface area contributed by atoms with E-state index in [4.69, 9.17) is 11.6 Å². The number of benzene rings is 2. The monoisotopic (exact) mass is 479 g/mol. The maximum Gasteiger partial charge on any atom is 0.261 e. The van der Waals surface area contributed by atoms with Crippen LogP contribution < -0.4 is 9.62 Å². The van der Waals surface area contributed by atoms with E-state index in [1.54, 1.807) is 30.5 Å². The molecule has 2 aromatic heterocycles. The first-order valence-electron chi connectivity index (χ1n) is 10.8. The van der Waals surface area contributed by atoms with Crippen LogP contribution in [0.5, 0.6) is 0 Å². The summed E-state index contributed by atoms with van der Waals surface area (Å²) in [5.41, 5.74) is 3.73. The van der Waals surface area contributed by atoms with Crippen LogP contribution in [0.15, 0.2) is 71.9 Å². The summed E-state index contributed by atoms with van der Waals surface area (Å²) in [7, 11) is -3.79. The van der Waals surface area contributed by atoms with Gasteiger partial charge in [-0.2, -0.15) is 10.2 Å². The summed E-state index contributed by atoms with van der Waals surface area (Å²) >= 11 is 6.24. The molecule has 0 atom stereocenters. The second kappa shape index (κ2) is 8.96. The summed E-state index contributed by atoms with van der Waals surface area (Å²) in [4.78, 5) is 6.73. The third-order valence-corrected chi connectivity index (χ3v) is 7.47. The summed E-state index contributed by atoms with van der Waals surface area (Å²) in [5.74, 6) is 0. The summed E-state index contributed by atoms with van der Waals surface area (Å²) in [6, 6.07) is 15.8. The molecule has 0 spiro atoms. The third-order valence-electron chi connectivity index (χ3n) is 5.78. The Bertz CT molecular complexity index is 1410. The van der Waals surface area contributed by atoms with Crippen molar-refractivity contribution in [2.24, 2.45) is 0 Å². The summed E-state index contributed by atoms with van der Waals surface area (Å²) in [5, 5.41) is 9.55. The van der Waals surface area contributed by atoms with Crippen molar-refractivity contribution in [3.63, 3.8) is 0 Å². The Morgan fingerprint density at radius 1 is 0.909 bits per heavy atom. The van der Waals surface area contributed by atoms with Crippen molar-refractivity contribution in [3.05, 3.63) is 72.1 Å². The van der Waals surface area contributed by atoms with Gasteiger partial charge in [-0.05, 0) is 55.2 Å². The van der Waals surface area contributed by atoms with Crippen molar-refractivity contribution in [1.82, 2.24) is 15.2 Å². The van der Waals surface area contributed by atoms with Crippen LogP contribution in [0.4, 0.5) is 11.4 Å². The average Bonchev–Trinajstić information content (AvgIpc) is 2.85. The lowest BCUT2D eigenvalue weighted by Gasteiger charge is -2.29. The first-order chi connectivity index (χ1) is 16.0. The number of rotatable bonds is 5. The molecule has 3 heterocycles. The number of halogens is 1. The van der Waals surface area contributed by atoms with Crippen LogP contribution in [-0.4, -0.2) is 36.7 Å². The molecule has 4 aromatic rings. The van der Waals surface area contributed by atoms with Gasteiger partial charge in [-0.1, -0.05) is 35.9 Å². The molecule has 0 radical (unpaired) electrons. The molecule has 0 amide bonds. The molecular weight excluding hydrogens is 458 g/mol. The van der Waals surface area contributed by atoms with Gasteiger partial charge < -0.3 is 4.90 Å². The summed E-state index contributed by atoms with van der Waals surface area (Å²) < 4.78 is 28.1. The Labute approximate surface area is 197 Å². The maximum absolute atomic E-state index is 12.8. The Kier molecular flexibility index (Phi) is 5.86. The fraction of sp³-hybridized carbons (Fsp3) is 0.208. The Morgan fingerprint density at radius 3 is 2.48 bits per heavy atom. The van der Waals surface area contributed by atoms with Gasteiger partial charge in [0.25, 0.3) is 10.0 Å². The van der Waals surface area contributed by atoms with E-state index < -0.39 is 10.0 Å². The molecule has 1 saturated heterocycles. The van der Waals surface area contributed by atoms with Crippen molar-refractivity contribution in [3.8, 4) is 11.1 Å². The molecule has 168 valence electrons. The lowest BCUT2D eigenvalue weighted by molar-refractivity contribution is 0.578. The first-order valence-corrected chi connectivity index (χ1v) is 12.6. The summed E-state index contributed by atoms with van der Waals surface area (Å²) in [6.45, 7) is 2.00. The van der Waals surface area contributed by atoms with E-state index in [2.05, 4.69) is 24.8 Å². The normalized spacial score (nSPS) is 14.4. The van der Waals surface area contributed by atoms with Crippen molar-refractivity contribution >= 4 is 43.9 Å². The molecule has 9 heteroatoms. The molecule has 0 bridgehead atoms. The molecule has 1 fully saturated rings. The SMILES string of the molecule is O=S(=O)(Nc1cc(-c2ccc3nncc(N4CCCCC4)c3c2)cnc1Cl)c1ccccc1. The molecular formula is C24H22ClN5O2S. The van der Waals surface area contributed by atoms with E-state index in [0.717, 1.165) is 53.6 Å². The Hall–Kier alpha value is -3.23. The van der Waals surface area contributed by atoms with E-state index in [1.165, 1.54) is 18.6 Å². The Balaban J connectivity index is 1.52. The zero-order valence-corrected chi connectivity index (χ0v) is 19.4. The molecule has 1 aliphatic heterocycles. The van der Waals surface area contributed by atoms with Crippen LogP contribution in [0.25, 0.3) is 22.0 Å². The standard InChI is InChI=1S/C24H22ClN5O2S/c25-24-22(29-33(31,32)19-7-3-1-4-8-19)14-18(15-26-24)17-9-10-21-20(13-17)23(16-27-28-21)30-11-5-2-6-12-30/h1,3-4,7-10,13-16,29H,2,5-6,11-12H2. The second-order valence-corrected chi connectivity index (χ2v) is 10.0. The molecule has 0 unspecified atom stereocenters. The number of hydrogen-bond donors (Lipinski definition) is 1. The number of aromatic nitrogens is 3. The van der Waals surface area contributed by atoms with E-state index >= 15 is 0 Å². The fourth-order valence-corrected chi connectivity index (χ4v) is 5.38. The number of nitrogens with zero attached hydrogens (tertiary/aromatic N) is 4. The Morgan fingerprint density at radius 2 is 1.70 bits per heavy atom. The van der Waals surface area contributed by atoms with Crippen LogP contribution in [0.3, 0.4) is 0 Å². The van der Waals surface area contributed by atoms with Gasteiger partial charge in [0.05, 0.1) is 28.0 Å². The van der Waals surface area contributed by atoms with E-state index in [9.17, 15) is 8.42 Å². The quantitative estimate of drug-likeness (QED) is 0.399. The number of anilines is 2. The van der Waals surface area contributed by atoms with Gasteiger partial charge in [0.2, 0.25) is 0 Å². The number of fused-ring (bicyclic) bond motifs is 1. The molecule has 1 aliphatic rings. The highest BCUT2D eigenvalue weighted by molar-refractivity contribution is 7.92. The van der Waals surface area contributed by atoms with Gasteiger partial charge >= 0.3 is 0 Å². The lowest BCUT2D eigenvalue weighted by atomic mass is 10.0. The zero-order chi connectivity index (χ0) is 22.8. The van der Waals surface area contributed by atoms with Crippen LogP contribution in [0.1, 0.15) is 19.3 Å². The van der Waals surface area contributed by atoms with Crippen molar-refractivity contribution in [2.45, 2.75) is 24.2 Å². The van der Waals surface area contributed by atoms with Crippen molar-refractivity contribution in [1.29, 1.82) is 0 Å². The number of pyridine rings is 1. The minimum absolute atomic E-state index is 0.0823. The second-order valence-electron chi connectivity index (χ2n) is 7.99. The number of hydrogen-bond acceptors (Lipinski definition) is 6. The highest BCUT2D eigenvalue weighted by Crippen LogP contribution is 2.33. The molecule has 1 N–H and O–H groups in total. The number of nitrogens with one attached hydrogen (secondary N) is 1. The average molecular weight is 480 g/mol. The third kappa shape index (κ3) is 4.49. The number of piperidine rings is 1. The molecule has 7 nitrogen and oxygen atoms in total. The molecule has 2 aromatic carbocycles. The smallest absolute Gasteiger partial charge is 0.261 e. The van der Waals surface area contributed by atoms with E-state index in [0.29, 0.717) is 0 Å². The van der Waals surface area contributed by atoms with Crippen LogP contribution in [0, 0.1) is 0 Å². The molecule has 0 saturated carbocycles. The van der Waals surface area contributed by atoms with Crippen LogP contribution >= 0.6 is 11.6 Å². The fourth-order valence-electron chi connectivity index (χ4n) is 4.09. The highest BCUT2D eigenvalue weighted by atomic mass is 35.5. The molecule has 5 rings (SSSR count). The van der Waals surface area contributed by atoms with Gasteiger partial charge in [-0.15, -0.1) is 0 Å². The van der Waals surface area contributed by atoms with E-state index in [-0.39, 0.29) is 15.7 Å². The maximum atomic E-state index is 12.8. The van der Waals surface area contributed by atoms with Crippen LogP contribution in [-0.2, 0) is 10.0 Å². The van der Waals surface area contributed by atoms with Gasteiger partial charge in [-0.25, -0.2) is 13.4 Å².